The van der Waals surface area contributed by atoms with Gasteiger partial charge in [0.2, 0.25) is 0 Å². The summed E-state index contributed by atoms with van der Waals surface area (Å²) < 4.78 is 5.50. The van der Waals surface area contributed by atoms with Gasteiger partial charge in [0, 0.05) is 29.4 Å². The number of amidine groups is 1. The minimum absolute atomic E-state index is 0.0432. The molecule has 4 nitrogen and oxygen atoms in total. The van der Waals surface area contributed by atoms with Gasteiger partial charge in [-0.05, 0) is 25.1 Å². The molecule has 1 unspecified atom stereocenters. The zero-order chi connectivity index (χ0) is 12.4. The summed E-state index contributed by atoms with van der Waals surface area (Å²) in [5.41, 5.74) is 7.23. The highest BCUT2D eigenvalue weighted by molar-refractivity contribution is 6.31. The van der Waals surface area contributed by atoms with Gasteiger partial charge >= 0.3 is 0 Å². The van der Waals surface area contributed by atoms with Gasteiger partial charge in [-0.25, -0.2) is 0 Å². The predicted molar refractivity (Wildman–Crippen MR) is 70.1 cm³/mol. The second-order valence-corrected chi connectivity index (χ2v) is 4.64. The summed E-state index contributed by atoms with van der Waals surface area (Å²) in [6.45, 7) is 4.35. The second-order valence-electron chi connectivity index (χ2n) is 4.20. The predicted octanol–water partition coefficient (Wildman–Crippen LogP) is 1.85. The molecule has 0 spiro atoms. The van der Waals surface area contributed by atoms with E-state index in [4.69, 9.17) is 27.5 Å². The van der Waals surface area contributed by atoms with Crippen molar-refractivity contribution in [3.8, 4) is 0 Å². The van der Waals surface area contributed by atoms with Crippen LogP contribution in [0.15, 0.2) is 18.2 Å². The summed E-state index contributed by atoms with van der Waals surface area (Å²) in [5, 5.41) is 8.20. The molecule has 1 fully saturated rings. The van der Waals surface area contributed by atoms with E-state index in [1.54, 1.807) is 6.07 Å². The van der Waals surface area contributed by atoms with E-state index in [2.05, 4.69) is 4.90 Å². The van der Waals surface area contributed by atoms with Crippen LogP contribution in [0.25, 0.3) is 0 Å². The molecule has 5 heteroatoms. The third-order valence-corrected chi connectivity index (χ3v) is 3.07. The first-order chi connectivity index (χ1) is 8.08. The minimum Gasteiger partial charge on any atom is -0.384 e. The summed E-state index contributed by atoms with van der Waals surface area (Å²) in [6.07, 6.45) is 0.194. The van der Waals surface area contributed by atoms with Gasteiger partial charge in [-0.2, -0.15) is 0 Å². The van der Waals surface area contributed by atoms with Gasteiger partial charge in [-0.3, -0.25) is 5.41 Å². The van der Waals surface area contributed by atoms with Crippen LogP contribution in [0.4, 0.5) is 5.69 Å². The lowest BCUT2D eigenvalue weighted by Crippen LogP contribution is -2.42. The molecule has 3 N–H and O–H groups in total. The maximum atomic E-state index is 7.60. The number of nitrogens with one attached hydrogen (secondary N) is 1. The molecule has 92 valence electrons. The SMILES string of the molecule is CC1CN(c2ccc(Cl)cc2C(=N)N)CCO1. The lowest BCUT2D eigenvalue weighted by Gasteiger charge is -2.34. The molecule has 0 amide bonds. The summed E-state index contributed by atoms with van der Waals surface area (Å²) in [4.78, 5) is 2.18. The van der Waals surface area contributed by atoms with Crippen LogP contribution in [-0.2, 0) is 4.74 Å². The van der Waals surface area contributed by atoms with E-state index < -0.39 is 0 Å². The molecular weight excluding hydrogens is 238 g/mol. The molecule has 0 aromatic heterocycles. The van der Waals surface area contributed by atoms with Crippen LogP contribution < -0.4 is 10.6 Å². The van der Waals surface area contributed by atoms with Crippen LogP contribution in [0.3, 0.4) is 0 Å². The zero-order valence-corrected chi connectivity index (χ0v) is 10.5. The molecule has 1 aliphatic rings. The van der Waals surface area contributed by atoms with Crippen molar-refractivity contribution in [3.05, 3.63) is 28.8 Å². The van der Waals surface area contributed by atoms with Crippen molar-refractivity contribution in [2.24, 2.45) is 5.73 Å². The Morgan fingerprint density at radius 2 is 2.35 bits per heavy atom. The van der Waals surface area contributed by atoms with Crippen molar-refractivity contribution in [3.63, 3.8) is 0 Å². The van der Waals surface area contributed by atoms with Crippen LogP contribution in [0.2, 0.25) is 5.02 Å². The summed E-state index contributed by atoms with van der Waals surface area (Å²) >= 11 is 5.93. The largest absolute Gasteiger partial charge is 0.384 e. The van der Waals surface area contributed by atoms with Crippen LogP contribution >= 0.6 is 11.6 Å². The number of halogens is 1. The summed E-state index contributed by atoms with van der Waals surface area (Å²) in [5.74, 6) is 0.0432. The maximum absolute atomic E-state index is 7.60. The van der Waals surface area contributed by atoms with E-state index in [-0.39, 0.29) is 11.9 Å². The van der Waals surface area contributed by atoms with Crippen molar-refractivity contribution >= 4 is 23.1 Å². The molecule has 1 heterocycles. The van der Waals surface area contributed by atoms with Crippen LogP contribution in [0, 0.1) is 5.41 Å². The Morgan fingerprint density at radius 3 is 3.00 bits per heavy atom. The number of morpholine rings is 1. The number of anilines is 1. The lowest BCUT2D eigenvalue weighted by atomic mass is 10.1. The lowest BCUT2D eigenvalue weighted by molar-refractivity contribution is 0.0532. The molecule has 0 saturated carbocycles. The number of benzene rings is 1. The summed E-state index contributed by atoms with van der Waals surface area (Å²) in [6, 6.07) is 5.47. The van der Waals surface area contributed by atoms with E-state index in [1.807, 2.05) is 19.1 Å². The van der Waals surface area contributed by atoms with Crippen molar-refractivity contribution in [1.82, 2.24) is 0 Å². The fourth-order valence-electron chi connectivity index (χ4n) is 2.04. The number of nitrogen functional groups attached to an aromatic ring is 1. The quantitative estimate of drug-likeness (QED) is 0.625. The van der Waals surface area contributed by atoms with Gasteiger partial charge in [0.25, 0.3) is 0 Å². The van der Waals surface area contributed by atoms with Gasteiger partial charge in [-0.1, -0.05) is 11.6 Å². The topological polar surface area (TPSA) is 62.3 Å². The Bertz CT molecular complexity index is 436. The van der Waals surface area contributed by atoms with Gasteiger partial charge in [0.1, 0.15) is 5.84 Å². The molecule has 1 atom stereocenters. The molecule has 1 saturated heterocycles. The van der Waals surface area contributed by atoms with Gasteiger partial charge < -0.3 is 15.4 Å². The Labute approximate surface area is 106 Å². The molecule has 0 bridgehead atoms. The van der Waals surface area contributed by atoms with Gasteiger partial charge in [0.05, 0.1) is 12.7 Å². The normalized spacial score (nSPS) is 20.4. The average Bonchev–Trinajstić information content (AvgIpc) is 2.28. The fourth-order valence-corrected chi connectivity index (χ4v) is 2.21. The van der Waals surface area contributed by atoms with Gasteiger partial charge in [-0.15, -0.1) is 0 Å². The van der Waals surface area contributed by atoms with Gasteiger partial charge in [0.15, 0.2) is 0 Å². The molecular formula is C12H16ClN3O. The monoisotopic (exact) mass is 253 g/mol. The Hall–Kier alpha value is -1.26. The number of nitrogens with zero attached hydrogens (tertiary/aromatic N) is 1. The Morgan fingerprint density at radius 1 is 1.59 bits per heavy atom. The van der Waals surface area contributed by atoms with E-state index in [9.17, 15) is 0 Å². The number of hydrogen-bond acceptors (Lipinski definition) is 3. The van der Waals surface area contributed by atoms with Crippen LogP contribution in [-0.4, -0.2) is 31.6 Å². The van der Waals surface area contributed by atoms with E-state index in [0.29, 0.717) is 17.2 Å². The summed E-state index contributed by atoms with van der Waals surface area (Å²) in [7, 11) is 0. The molecule has 2 rings (SSSR count). The second kappa shape index (κ2) is 4.94. The highest BCUT2D eigenvalue weighted by Gasteiger charge is 2.20. The van der Waals surface area contributed by atoms with Crippen molar-refractivity contribution < 1.29 is 4.74 Å². The Balaban J connectivity index is 2.33. The molecule has 1 aliphatic heterocycles. The Kier molecular flexibility index (Phi) is 3.54. The number of nitrogens with two attached hydrogens (primary N) is 1. The number of rotatable bonds is 2. The van der Waals surface area contributed by atoms with E-state index >= 15 is 0 Å². The minimum atomic E-state index is 0.0432. The third-order valence-electron chi connectivity index (χ3n) is 2.83. The highest BCUT2D eigenvalue weighted by Crippen LogP contribution is 2.25. The zero-order valence-electron chi connectivity index (χ0n) is 9.74. The fraction of sp³-hybridized carbons (Fsp3) is 0.417. The molecule has 0 radical (unpaired) electrons. The third kappa shape index (κ3) is 2.70. The van der Waals surface area contributed by atoms with E-state index in [0.717, 1.165) is 18.8 Å². The first kappa shape index (κ1) is 12.2. The molecule has 17 heavy (non-hydrogen) atoms. The molecule has 1 aromatic rings. The number of hydrogen-bond donors (Lipinski definition) is 2. The molecule has 1 aromatic carbocycles. The van der Waals surface area contributed by atoms with E-state index in [1.165, 1.54) is 0 Å². The molecule has 0 aliphatic carbocycles. The average molecular weight is 254 g/mol. The standard InChI is InChI=1S/C12H16ClN3O/c1-8-7-16(4-5-17-8)11-3-2-9(13)6-10(11)12(14)15/h2-3,6,8H,4-5,7H2,1H3,(H3,14,15). The smallest absolute Gasteiger partial charge is 0.124 e. The highest BCUT2D eigenvalue weighted by atomic mass is 35.5. The first-order valence-corrected chi connectivity index (χ1v) is 5.96. The van der Waals surface area contributed by atoms with Crippen LogP contribution in [0.5, 0.6) is 0 Å². The first-order valence-electron chi connectivity index (χ1n) is 5.58. The maximum Gasteiger partial charge on any atom is 0.124 e. The van der Waals surface area contributed by atoms with Crippen LogP contribution in [0.1, 0.15) is 12.5 Å². The van der Waals surface area contributed by atoms with Crippen molar-refractivity contribution in [2.45, 2.75) is 13.0 Å². The van der Waals surface area contributed by atoms with Crippen molar-refractivity contribution in [2.75, 3.05) is 24.6 Å². The van der Waals surface area contributed by atoms with Crippen molar-refractivity contribution in [1.29, 1.82) is 5.41 Å². The number of ether oxygens (including phenoxy) is 1.